The van der Waals surface area contributed by atoms with Gasteiger partial charge in [-0.15, -0.1) is 0 Å². The molecule has 0 fully saturated rings. The van der Waals surface area contributed by atoms with Gasteiger partial charge in [-0.3, -0.25) is 4.79 Å². The molecule has 1 heterocycles. The first-order chi connectivity index (χ1) is 13.6. The minimum atomic E-state index is -3.60. The maximum Gasteiger partial charge on any atom is 0.243 e. The van der Waals surface area contributed by atoms with Gasteiger partial charge in [0.25, 0.3) is 0 Å². The third kappa shape index (κ3) is 4.23. The number of nitrogens with zero attached hydrogens (tertiary/aromatic N) is 3. The molecular formula is C21H28N4O3S. The van der Waals surface area contributed by atoms with Gasteiger partial charge in [0, 0.05) is 39.9 Å². The van der Waals surface area contributed by atoms with E-state index in [0.29, 0.717) is 5.69 Å². The van der Waals surface area contributed by atoms with Crippen LogP contribution in [0.15, 0.2) is 47.4 Å². The number of anilines is 3. The minimum absolute atomic E-state index is 0.142. The van der Waals surface area contributed by atoms with Crippen LogP contribution in [0, 0.1) is 0 Å². The van der Waals surface area contributed by atoms with Crippen LogP contribution < -0.4 is 15.1 Å². The van der Waals surface area contributed by atoms with E-state index in [1.165, 1.54) is 25.7 Å². The van der Waals surface area contributed by atoms with Crippen molar-refractivity contribution in [2.24, 2.45) is 0 Å². The number of carbonyl (C=O) groups is 1. The van der Waals surface area contributed by atoms with Crippen LogP contribution in [0.4, 0.5) is 17.1 Å². The zero-order chi connectivity index (χ0) is 21.3. The molecule has 0 saturated heterocycles. The van der Waals surface area contributed by atoms with Gasteiger partial charge in [0.15, 0.2) is 0 Å². The number of sulfonamides is 1. The maximum atomic E-state index is 12.9. The predicted octanol–water partition coefficient (Wildman–Crippen LogP) is 2.39. The fourth-order valence-electron chi connectivity index (χ4n) is 3.59. The standard InChI is InChI=1S/C21H28N4O3S/c1-15-12-16-8-6-7-9-19(16)25(15)14-21(26)22-18-13-17(29(27,28)24(4)5)10-11-20(18)23(2)3/h6-11,13,15H,12,14H2,1-5H3,(H,22,26)/t15-/m1/s1. The number of nitrogens with one attached hydrogen (secondary N) is 1. The van der Waals surface area contributed by atoms with E-state index < -0.39 is 10.0 Å². The Labute approximate surface area is 173 Å². The second-order valence-electron chi connectivity index (χ2n) is 7.72. The third-order valence-corrected chi connectivity index (χ3v) is 6.98. The number of fused-ring (bicyclic) bond motifs is 1. The molecule has 156 valence electrons. The summed E-state index contributed by atoms with van der Waals surface area (Å²) in [5.74, 6) is -0.184. The largest absolute Gasteiger partial charge is 0.376 e. The van der Waals surface area contributed by atoms with Crippen molar-refractivity contribution < 1.29 is 13.2 Å². The summed E-state index contributed by atoms with van der Waals surface area (Å²) < 4.78 is 26.2. The van der Waals surface area contributed by atoms with Gasteiger partial charge in [0.1, 0.15) is 0 Å². The van der Waals surface area contributed by atoms with Gasteiger partial charge in [-0.2, -0.15) is 0 Å². The highest BCUT2D eigenvalue weighted by Crippen LogP contribution is 2.32. The lowest BCUT2D eigenvalue weighted by Gasteiger charge is -2.25. The minimum Gasteiger partial charge on any atom is -0.376 e. The molecule has 0 spiro atoms. The van der Waals surface area contributed by atoms with Crippen molar-refractivity contribution in [1.82, 2.24) is 4.31 Å². The van der Waals surface area contributed by atoms with E-state index in [2.05, 4.69) is 23.2 Å². The van der Waals surface area contributed by atoms with E-state index in [1.807, 2.05) is 37.2 Å². The normalized spacial score (nSPS) is 16.1. The van der Waals surface area contributed by atoms with Gasteiger partial charge in [-0.25, -0.2) is 12.7 Å². The molecule has 0 radical (unpaired) electrons. The van der Waals surface area contributed by atoms with Crippen molar-refractivity contribution in [2.75, 3.05) is 49.9 Å². The lowest BCUT2D eigenvalue weighted by atomic mass is 10.1. The molecule has 0 bridgehead atoms. The van der Waals surface area contributed by atoms with E-state index >= 15 is 0 Å². The molecule has 1 N–H and O–H groups in total. The molecule has 0 saturated carbocycles. The van der Waals surface area contributed by atoms with Crippen molar-refractivity contribution in [1.29, 1.82) is 0 Å². The van der Waals surface area contributed by atoms with E-state index in [1.54, 1.807) is 12.1 Å². The quantitative estimate of drug-likeness (QED) is 0.783. The summed E-state index contributed by atoms with van der Waals surface area (Å²) in [6, 6.07) is 13.1. The molecule has 7 nitrogen and oxygen atoms in total. The Morgan fingerprint density at radius 1 is 1.14 bits per heavy atom. The molecule has 1 atom stereocenters. The second-order valence-corrected chi connectivity index (χ2v) is 9.87. The van der Waals surface area contributed by atoms with Crippen molar-refractivity contribution in [3.63, 3.8) is 0 Å². The summed E-state index contributed by atoms with van der Waals surface area (Å²) in [6.45, 7) is 2.30. The van der Waals surface area contributed by atoms with E-state index in [-0.39, 0.29) is 23.4 Å². The predicted molar refractivity (Wildman–Crippen MR) is 117 cm³/mol. The van der Waals surface area contributed by atoms with Crippen LogP contribution in [0.5, 0.6) is 0 Å². The van der Waals surface area contributed by atoms with Gasteiger partial charge in [0.05, 0.1) is 22.8 Å². The Hall–Kier alpha value is -2.58. The number of carbonyl (C=O) groups excluding carboxylic acids is 1. The summed E-state index contributed by atoms with van der Waals surface area (Å²) in [4.78, 5) is 16.9. The first-order valence-corrected chi connectivity index (χ1v) is 10.9. The zero-order valence-electron chi connectivity index (χ0n) is 17.5. The highest BCUT2D eigenvalue weighted by atomic mass is 32.2. The number of rotatable bonds is 6. The number of benzene rings is 2. The molecular weight excluding hydrogens is 388 g/mol. The average molecular weight is 417 g/mol. The highest BCUT2D eigenvalue weighted by Gasteiger charge is 2.27. The summed E-state index contributed by atoms with van der Waals surface area (Å²) >= 11 is 0. The Balaban J connectivity index is 1.86. The van der Waals surface area contributed by atoms with Crippen LogP contribution in [0.3, 0.4) is 0 Å². The Bertz CT molecular complexity index is 1020. The zero-order valence-corrected chi connectivity index (χ0v) is 18.3. The van der Waals surface area contributed by atoms with E-state index in [9.17, 15) is 13.2 Å². The Morgan fingerprint density at radius 3 is 2.48 bits per heavy atom. The average Bonchev–Trinajstić information content (AvgIpc) is 2.96. The van der Waals surface area contributed by atoms with Crippen LogP contribution in [0.1, 0.15) is 12.5 Å². The molecule has 0 aromatic heterocycles. The highest BCUT2D eigenvalue weighted by molar-refractivity contribution is 7.89. The molecule has 0 unspecified atom stereocenters. The molecule has 2 aromatic carbocycles. The van der Waals surface area contributed by atoms with Crippen molar-refractivity contribution in [2.45, 2.75) is 24.3 Å². The smallest absolute Gasteiger partial charge is 0.243 e. The molecule has 0 aliphatic carbocycles. The van der Waals surface area contributed by atoms with E-state index in [4.69, 9.17) is 0 Å². The van der Waals surface area contributed by atoms with Crippen LogP contribution >= 0.6 is 0 Å². The SMILES string of the molecule is C[C@@H]1Cc2ccccc2N1CC(=O)Nc1cc(S(=O)(=O)N(C)C)ccc1N(C)C. The first-order valence-electron chi connectivity index (χ1n) is 9.49. The molecule has 1 aliphatic heterocycles. The number of para-hydroxylation sites is 1. The lowest BCUT2D eigenvalue weighted by Crippen LogP contribution is -2.37. The van der Waals surface area contributed by atoms with Gasteiger partial charge in [-0.1, -0.05) is 18.2 Å². The molecule has 8 heteroatoms. The van der Waals surface area contributed by atoms with Crippen LogP contribution in [0.25, 0.3) is 0 Å². The van der Waals surface area contributed by atoms with Gasteiger partial charge < -0.3 is 15.1 Å². The topological polar surface area (TPSA) is 73.0 Å². The fourth-order valence-corrected chi connectivity index (χ4v) is 4.52. The second kappa shape index (κ2) is 8.04. The third-order valence-electron chi connectivity index (χ3n) is 5.16. The number of amides is 1. The lowest BCUT2D eigenvalue weighted by molar-refractivity contribution is -0.115. The maximum absolute atomic E-state index is 12.9. The van der Waals surface area contributed by atoms with Crippen LogP contribution in [0.2, 0.25) is 0 Å². The van der Waals surface area contributed by atoms with E-state index in [0.717, 1.165) is 22.1 Å². The molecule has 1 amide bonds. The van der Waals surface area contributed by atoms with Gasteiger partial charge >= 0.3 is 0 Å². The monoisotopic (exact) mass is 416 g/mol. The molecule has 3 rings (SSSR count). The summed E-state index contributed by atoms with van der Waals surface area (Å²) in [7, 11) is 3.08. The molecule has 29 heavy (non-hydrogen) atoms. The van der Waals surface area contributed by atoms with Gasteiger partial charge in [-0.05, 0) is 43.2 Å². The van der Waals surface area contributed by atoms with Crippen LogP contribution in [-0.2, 0) is 21.2 Å². The number of hydrogen-bond donors (Lipinski definition) is 1. The summed E-state index contributed by atoms with van der Waals surface area (Å²) in [5, 5.41) is 2.92. The Kier molecular flexibility index (Phi) is 5.86. The summed E-state index contributed by atoms with van der Waals surface area (Å²) in [6.07, 6.45) is 0.906. The Morgan fingerprint density at radius 2 is 1.83 bits per heavy atom. The molecule has 2 aromatic rings. The van der Waals surface area contributed by atoms with Crippen LogP contribution in [-0.4, -0.2) is 59.4 Å². The summed E-state index contributed by atoms with van der Waals surface area (Å²) in [5.41, 5.74) is 3.53. The fraction of sp³-hybridized carbons (Fsp3) is 0.381. The van der Waals surface area contributed by atoms with Crippen molar-refractivity contribution in [3.05, 3.63) is 48.0 Å². The number of hydrogen-bond acceptors (Lipinski definition) is 5. The van der Waals surface area contributed by atoms with Crippen molar-refractivity contribution in [3.8, 4) is 0 Å². The molecule has 1 aliphatic rings. The first kappa shape index (κ1) is 21.1. The van der Waals surface area contributed by atoms with Gasteiger partial charge in [0.2, 0.25) is 15.9 Å². The van der Waals surface area contributed by atoms with Crippen molar-refractivity contribution >= 4 is 33.0 Å².